The first-order valence-corrected chi connectivity index (χ1v) is 9.47. The van der Waals surface area contributed by atoms with Crippen LogP contribution in [0.15, 0.2) is 0 Å². The van der Waals surface area contributed by atoms with Crippen molar-refractivity contribution in [3.63, 3.8) is 0 Å². The first-order valence-electron chi connectivity index (χ1n) is 7.90. The van der Waals surface area contributed by atoms with Gasteiger partial charge in [0.2, 0.25) is 0 Å². The summed E-state index contributed by atoms with van der Waals surface area (Å²) in [4.78, 5) is 7.33. The highest BCUT2D eigenvalue weighted by molar-refractivity contribution is 7.57. The van der Waals surface area contributed by atoms with Crippen molar-refractivity contribution in [2.24, 2.45) is 0 Å². The van der Waals surface area contributed by atoms with E-state index in [0.29, 0.717) is 18.5 Å². The van der Waals surface area contributed by atoms with Crippen LogP contribution in [-0.2, 0) is 4.57 Å². The molecule has 6 unspecified atom stereocenters. The van der Waals surface area contributed by atoms with Gasteiger partial charge < -0.3 is 0 Å². The van der Waals surface area contributed by atoms with E-state index in [1.807, 2.05) is 0 Å². The smallest absolute Gasteiger partial charge is 0.284 e. The molecule has 0 aromatic carbocycles. The number of nitrogens with zero attached hydrogens (tertiary/aromatic N) is 6. The molecule has 0 aromatic rings. The number of rotatable bonds is 6. The maximum Gasteiger partial charge on any atom is 0.291 e. The molecule has 6 rings (SSSR count). The molecule has 20 heavy (non-hydrogen) atoms. The summed E-state index contributed by atoms with van der Waals surface area (Å²) in [5.41, 5.74) is 0. The Morgan fingerprint density at radius 1 is 0.600 bits per heavy atom. The minimum Gasteiger partial charge on any atom is -0.284 e. The lowest BCUT2D eigenvalue weighted by Crippen LogP contribution is -2.22. The fourth-order valence-corrected chi connectivity index (χ4v) is 7.06. The third-order valence-corrected chi connectivity index (χ3v) is 8.69. The monoisotopic (exact) mass is 296 g/mol. The van der Waals surface area contributed by atoms with E-state index < -0.39 is 7.59 Å². The standard InChI is InChI=1S/C12H21N6OP/c19-20(16-7-10(16)13-1-2-13,17-8-11(17)14-3-4-14)18-9-12(18)15-5-6-15/h10-12H,1-9H2. The lowest BCUT2D eigenvalue weighted by atomic mass is 10.8. The minimum atomic E-state index is -2.44. The summed E-state index contributed by atoms with van der Waals surface area (Å²) in [5, 5.41) is 0. The van der Waals surface area contributed by atoms with Crippen LogP contribution in [0.3, 0.4) is 0 Å². The van der Waals surface area contributed by atoms with Gasteiger partial charge in [-0.3, -0.25) is 19.3 Å². The van der Waals surface area contributed by atoms with Gasteiger partial charge in [-0.1, -0.05) is 0 Å². The molecule has 6 heterocycles. The Morgan fingerprint density at radius 2 is 0.900 bits per heavy atom. The van der Waals surface area contributed by atoms with Crippen molar-refractivity contribution in [3.05, 3.63) is 0 Å². The number of hydrogen-bond donors (Lipinski definition) is 0. The van der Waals surface area contributed by atoms with E-state index in [2.05, 4.69) is 28.7 Å². The van der Waals surface area contributed by atoms with Crippen LogP contribution in [0, 0.1) is 0 Å². The van der Waals surface area contributed by atoms with E-state index in [0.717, 1.165) is 19.6 Å². The van der Waals surface area contributed by atoms with E-state index >= 15 is 0 Å². The zero-order chi connectivity index (χ0) is 13.1. The molecule has 0 N–H and O–H groups in total. The predicted octanol–water partition coefficient (Wildman–Crippen LogP) is -1.03. The van der Waals surface area contributed by atoms with Crippen molar-refractivity contribution in [1.82, 2.24) is 28.7 Å². The van der Waals surface area contributed by atoms with Crippen LogP contribution in [0.5, 0.6) is 0 Å². The van der Waals surface area contributed by atoms with Gasteiger partial charge >= 0.3 is 0 Å². The largest absolute Gasteiger partial charge is 0.291 e. The molecular formula is C12H21N6OP. The van der Waals surface area contributed by atoms with Gasteiger partial charge in [0.1, 0.15) is 0 Å². The topological polar surface area (TPSA) is 35.1 Å². The second-order valence-electron chi connectivity index (χ2n) is 6.93. The van der Waals surface area contributed by atoms with E-state index in [1.165, 1.54) is 39.3 Å². The molecule has 0 aliphatic carbocycles. The molecule has 0 bridgehead atoms. The van der Waals surface area contributed by atoms with Crippen LogP contribution < -0.4 is 0 Å². The van der Waals surface area contributed by atoms with Crippen molar-refractivity contribution in [1.29, 1.82) is 0 Å². The summed E-state index contributed by atoms with van der Waals surface area (Å²) in [6.45, 7) is 10.3. The normalized spacial score (nSPS) is 56.2. The zero-order valence-electron chi connectivity index (χ0n) is 11.6. The molecule has 110 valence electrons. The lowest BCUT2D eigenvalue weighted by molar-refractivity contribution is 0.379. The molecule has 6 atom stereocenters. The van der Waals surface area contributed by atoms with Crippen molar-refractivity contribution in [2.45, 2.75) is 18.5 Å². The van der Waals surface area contributed by atoms with Gasteiger partial charge in [0.25, 0.3) is 7.59 Å². The summed E-state index contributed by atoms with van der Waals surface area (Å²) in [5.74, 6) is 0. The average molecular weight is 296 g/mol. The van der Waals surface area contributed by atoms with Gasteiger partial charge in [0, 0.05) is 58.9 Å². The van der Waals surface area contributed by atoms with Gasteiger partial charge in [0.15, 0.2) is 0 Å². The Balaban J connectivity index is 1.26. The van der Waals surface area contributed by atoms with Crippen LogP contribution >= 0.6 is 7.59 Å². The average Bonchev–Trinajstić information content (AvgIpc) is 3.37. The second-order valence-corrected chi connectivity index (χ2v) is 9.50. The molecule has 6 aliphatic heterocycles. The molecule has 0 aromatic heterocycles. The fourth-order valence-electron chi connectivity index (χ4n) is 3.62. The first kappa shape index (κ1) is 11.5. The predicted molar refractivity (Wildman–Crippen MR) is 73.8 cm³/mol. The Kier molecular flexibility index (Phi) is 2.01. The Morgan fingerprint density at radius 3 is 1.15 bits per heavy atom. The van der Waals surface area contributed by atoms with Gasteiger partial charge in [-0.2, -0.15) is 0 Å². The zero-order valence-corrected chi connectivity index (χ0v) is 12.5. The van der Waals surface area contributed by atoms with Crippen molar-refractivity contribution >= 4 is 7.59 Å². The van der Waals surface area contributed by atoms with E-state index in [1.54, 1.807) is 0 Å². The van der Waals surface area contributed by atoms with Crippen LogP contribution in [0.25, 0.3) is 0 Å². The van der Waals surface area contributed by atoms with E-state index in [-0.39, 0.29) is 0 Å². The molecule has 7 nitrogen and oxygen atoms in total. The first-order chi connectivity index (χ1) is 9.77. The van der Waals surface area contributed by atoms with E-state index in [9.17, 15) is 4.57 Å². The fraction of sp³-hybridized carbons (Fsp3) is 1.00. The lowest BCUT2D eigenvalue weighted by Gasteiger charge is -2.24. The summed E-state index contributed by atoms with van der Waals surface area (Å²) in [6.07, 6.45) is 1.44. The number of hydrogen-bond acceptors (Lipinski definition) is 4. The van der Waals surface area contributed by atoms with Crippen LogP contribution in [0.4, 0.5) is 0 Å². The molecule has 6 saturated heterocycles. The molecule has 8 heteroatoms. The Labute approximate surface area is 119 Å². The highest BCUT2D eigenvalue weighted by atomic mass is 31.2. The minimum absolute atomic E-state index is 0.478. The summed E-state index contributed by atoms with van der Waals surface area (Å²) < 4.78 is 20.7. The quantitative estimate of drug-likeness (QED) is 0.458. The third-order valence-electron chi connectivity index (χ3n) is 5.40. The maximum absolute atomic E-state index is 13.8. The molecule has 0 saturated carbocycles. The van der Waals surface area contributed by atoms with Crippen LogP contribution in [-0.4, -0.2) is 106 Å². The van der Waals surface area contributed by atoms with Gasteiger partial charge in [-0.25, -0.2) is 14.0 Å². The van der Waals surface area contributed by atoms with Gasteiger partial charge in [0.05, 0.1) is 18.5 Å². The molecule has 6 fully saturated rings. The van der Waals surface area contributed by atoms with Crippen molar-refractivity contribution in [3.8, 4) is 0 Å². The molecule has 0 amide bonds. The maximum atomic E-state index is 13.8. The third kappa shape index (κ3) is 1.60. The highest BCUT2D eigenvalue weighted by Gasteiger charge is 2.69. The molecule has 6 aliphatic rings. The highest BCUT2D eigenvalue weighted by Crippen LogP contribution is 2.71. The van der Waals surface area contributed by atoms with Crippen molar-refractivity contribution in [2.75, 3.05) is 58.9 Å². The SMILES string of the molecule is O=P(N1CC1N1CC1)(N1CC1N1CC1)N1CC1N1CC1. The molecular weight excluding hydrogens is 275 g/mol. The molecule has 0 spiro atoms. The van der Waals surface area contributed by atoms with E-state index in [4.69, 9.17) is 0 Å². The molecule has 0 radical (unpaired) electrons. The summed E-state index contributed by atoms with van der Waals surface area (Å²) in [6, 6.07) is 0. The van der Waals surface area contributed by atoms with Crippen LogP contribution in [0.2, 0.25) is 0 Å². The van der Waals surface area contributed by atoms with Gasteiger partial charge in [-0.15, -0.1) is 0 Å². The summed E-state index contributed by atoms with van der Waals surface area (Å²) in [7, 11) is -2.44. The Bertz CT molecular complexity index is 447. The second kappa shape index (κ2) is 3.49. The van der Waals surface area contributed by atoms with Gasteiger partial charge in [-0.05, 0) is 0 Å². The summed E-state index contributed by atoms with van der Waals surface area (Å²) >= 11 is 0. The Hall–Kier alpha value is -0.0100. The van der Waals surface area contributed by atoms with Crippen molar-refractivity contribution < 1.29 is 4.57 Å². The van der Waals surface area contributed by atoms with Crippen LogP contribution in [0.1, 0.15) is 0 Å².